The van der Waals surface area contributed by atoms with Crippen LogP contribution in [0.1, 0.15) is 32.7 Å². The number of anilines is 1. The lowest BCUT2D eigenvalue weighted by molar-refractivity contribution is 0.0741. The molecule has 0 heterocycles. The van der Waals surface area contributed by atoms with Crippen molar-refractivity contribution in [2.75, 3.05) is 25.5 Å². The van der Waals surface area contributed by atoms with Crippen molar-refractivity contribution in [1.29, 1.82) is 0 Å². The van der Waals surface area contributed by atoms with Crippen LogP contribution in [0.3, 0.4) is 0 Å². The molecule has 0 atom stereocenters. The maximum atomic E-state index is 13.6. The molecule has 0 aliphatic heterocycles. The van der Waals surface area contributed by atoms with E-state index in [1.165, 1.54) is 18.2 Å². The minimum Gasteiger partial charge on any atom is -0.497 e. The second kappa shape index (κ2) is 11.4. The number of ether oxygens (including phenoxy) is 1. The zero-order valence-corrected chi connectivity index (χ0v) is 18.9. The van der Waals surface area contributed by atoms with Crippen LogP contribution in [0, 0.1) is 5.82 Å². The molecule has 3 aromatic rings. The smallest absolute Gasteiger partial charge is 0.255 e. The Labute approximate surface area is 197 Å². The zero-order chi connectivity index (χ0) is 23.8. The maximum absolute atomic E-state index is 13.6. The standard InChI is InChI=1S/C25H25ClFN3O3/c1-33-22-9-6-17(7-10-22)24(31)29-21-8-11-23(26)19(15-21)16-30(13-3-12-28)25(32)18-4-2-5-20(27)14-18/h2,4-11,14-15H,3,12-13,16,28H2,1H3,(H,29,31). The highest BCUT2D eigenvalue weighted by Crippen LogP contribution is 2.24. The summed E-state index contributed by atoms with van der Waals surface area (Å²) < 4.78 is 18.7. The first-order chi connectivity index (χ1) is 15.9. The van der Waals surface area contributed by atoms with Gasteiger partial charge in [0.25, 0.3) is 11.8 Å². The second-order valence-corrected chi connectivity index (χ2v) is 7.78. The Morgan fingerprint density at radius 1 is 1.06 bits per heavy atom. The lowest BCUT2D eigenvalue weighted by atomic mass is 10.1. The summed E-state index contributed by atoms with van der Waals surface area (Å²) in [6, 6.07) is 17.3. The molecule has 0 spiro atoms. The monoisotopic (exact) mass is 469 g/mol. The first-order valence-electron chi connectivity index (χ1n) is 10.4. The fourth-order valence-electron chi connectivity index (χ4n) is 3.26. The Morgan fingerprint density at radius 3 is 2.48 bits per heavy atom. The molecule has 8 heteroatoms. The Kier molecular flexibility index (Phi) is 8.40. The molecule has 172 valence electrons. The summed E-state index contributed by atoms with van der Waals surface area (Å²) in [7, 11) is 1.56. The van der Waals surface area contributed by atoms with Gasteiger partial charge in [-0.15, -0.1) is 0 Å². The number of amides is 2. The number of methoxy groups -OCH3 is 1. The first kappa shape index (κ1) is 24.2. The molecule has 6 nitrogen and oxygen atoms in total. The van der Waals surface area contributed by atoms with Gasteiger partial charge in [-0.3, -0.25) is 9.59 Å². The Balaban J connectivity index is 1.79. The fourth-order valence-corrected chi connectivity index (χ4v) is 3.44. The van der Waals surface area contributed by atoms with E-state index in [-0.39, 0.29) is 23.9 Å². The van der Waals surface area contributed by atoms with Gasteiger partial charge < -0.3 is 20.7 Å². The number of carbonyl (C=O) groups is 2. The highest BCUT2D eigenvalue weighted by atomic mass is 35.5. The van der Waals surface area contributed by atoms with Crippen LogP contribution in [0.4, 0.5) is 10.1 Å². The van der Waals surface area contributed by atoms with Crippen LogP contribution in [0.15, 0.2) is 66.7 Å². The average molecular weight is 470 g/mol. The molecule has 0 aliphatic carbocycles. The van der Waals surface area contributed by atoms with Crippen LogP contribution in [0.2, 0.25) is 5.02 Å². The van der Waals surface area contributed by atoms with E-state index < -0.39 is 5.82 Å². The summed E-state index contributed by atoms with van der Waals surface area (Å²) in [5.74, 6) is -0.449. The van der Waals surface area contributed by atoms with Gasteiger partial charge in [0.2, 0.25) is 0 Å². The molecule has 0 saturated carbocycles. The predicted molar refractivity (Wildman–Crippen MR) is 127 cm³/mol. The summed E-state index contributed by atoms with van der Waals surface area (Å²) in [5.41, 5.74) is 7.53. The number of nitrogens with zero attached hydrogens (tertiary/aromatic N) is 1. The molecule has 0 aromatic heterocycles. The third-order valence-electron chi connectivity index (χ3n) is 5.01. The van der Waals surface area contributed by atoms with Crippen molar-refractivity contribution in [2.45, 2.75) is 13.0 Å². The van der Waals surface area contributed by atoms with Crippen molar-refractivity contribution in [1.82, 2.24) is 4.90 Å². The van der Waals surface area contributed by atoms with Gasteiger partial charge >= 0.3 is 0 Å². The quantitative estimate of drug-likeness (QED) is 0.474. The molecule has 3 rings (SSSR count). The molecule has 3 N–H and O–H groups in total. The summed E-state index contributed by atoms with van der Waals surface area (Å²) in [5, 5.41) is 3.28. The number of benzene rings is 3. The summed E-state index contributed by atoms with van der Waals surface area (Å²) in [4.78, 5) is 27.2. The topological polar surface area (TPSA) is 84.7 Å². The Hall–Kier alpha value is -3.42. The van der Waals surface area contributed by atoms with Crippen LogP contribution in [0.25, 0.3) is 0 Å². The molecular weight excluding hydrogens is 445 g/mol. The third-order valence-corrected chi connectivity index (χ3v) is 5.38. The van der Waals surface area contributed by atoms with E-state index in [0.29, 0.717) is 47.1 Å². The van der Waals surface area contributed by atoms with E-state index in [0.717, 1.165) is 0 Å². The Morgan fingerprint density at radius 2 is 1.82 bits per heavy atom. The number of hydrogen-bond acceptors (Lipinski definition) is 4. The number of hydrogen-bond donors (Lipinski definition) is 2. The minimum absolute atomic E-state index is 0.181. The van der Waals surface area contributed by atoms with Crippen LogP contribution in [0.5, 0.6) is 5.75 Å². The van der Waals surface area contributed by atoms with E-state index in [1.807, 2.05) is 0 Å². The van der Waals surface area contributed by atoms with Crippen molar-refractivity contribution in [3.63, 3.8) is 0 Å². The van der Waals surface area contributed by atoms with Crippen LogP contribution in [-0.4, -0.2) is 36.9 Å². The molecule has 3 aromatic carbocycles. The lowest BCUT2D eigenvalue weighted by Crippen LogP contribution is -2.32. The molecule has 0 bridgehead atoms. The zero-order valence-electron chi connectivity index (χ0n) is 18.2. The van der Waals surface area contributed by atoms with Crippen molar-refractivity contribution < 1.29 is 18.7 Å². The number of carbonyl (C=O) groups excluding carboxylic acids is 2. The number of halogens is 2. The molecule has 0 saturated heterocycles. The van der Waals surface area contributed by atoms with Gasteiger partial charge in [0.15, 0.2) is 0 Å². The van der Waals surface area contributed by atoms with Crippen molar-refractivity contribution >= 4 is 29.1 Å². The van der Waals surface area contributed by atoms with Crippen LogP contribution in [-0.2, 0) is 6.54 Å². The van der Waals surface area contributed by atoms with Crippen LogP contribution < -0.4 is 15.8 Å². The average Bonchev–Trinajstić information content (AvgIpc) is 2.83. The second-order valence-electron chi connectivity index (χ2n) is 7.37. The summed E-state index contributed by atoms with van der Waals surface area (Å²) in [6.45, 7) is 0.962. The molecule has 0 aliphatic rings. The van der Waals surface area contributed by atoms with E-state index >= 15 is 0 Å². The van der Waals surface area contributed by atoms with Crippen molar-refractivity contribution in [3.8, 4) is 5.75 Å². The maximum Gasteiger partial charge on any atom is 0.255 e. The molecule has 33 heavy (non-hydrogen) atoms. The SMILES string of the molecule is COc1ccc(C(=O)Nc2ccc(Cl)c(CN(CCCN)C(=O)c3cccc(F)c3)c2)cc1. The highest BCUT2D eigenvalue weighted by molar-refractivity contribution is 6.31. The summed E-state index contributed by atoms with van der Waals surface area (Å²) >= 11 is 6.39. The van der Waals surface area contributed by atoms with E-state index in [1.54, 1.807) is 60.5 Å². The lowest BCUT2D eigenvalue weighted by Gasteiger charge is -2.24. The van der Waals surface area contributed by atoms with E-state index in [9.17, 15) is 14.0 Å². The van der Waals surface area contributed by atoms with E-state index in [2.05, 4.69) is 5.32 Å². The summed E-state index contributed by atoms with van der Waals surface area (Å²) in [6.07, 6.45) is 0.576. The largest absolute Gasteiger partial charge is 0.497 e. The van der Waals surface area contributed by atoms with Gasteiger partial charge in [0.05, 0.1) is 7.11 Å². The molecule has 0 unspecified atom stereocenters. The number of rotatable bonds is 9. The first-order valence-corrected chi connectivity index (χ1v) is 10.8. The van der Waals surface area contributed by atoms with Crippen LogP contribution >= 0.6 is 11.6 Å². The molecule has 0 radical (unpaired) electrons. The molecule has 0 fully saturated rings. The highest BCUT2D eigenvalue weighted by Gasteiger charge is 2.18. The molecule has 2 amide bonds. The van der Waals surface area contributed by atoms with Crippen molar-refractivity contribution in [2.24, 2.45) is 5.73 Å². The number of nitrogens with one attached hydrogen (secondary N) is 1. The predicted octanol–water partition coefficient (Wildman–Crippen LogP) is 4.73. The minimum atomic E-state index is -0.485. The van der Waals surface area contributed by atoms with Gasteiger partial charge in [0, 0.05) is 34.9 Å². The number of nitrogens with two attached hydrogens (primary N) is 1. The van der Waals surface area contributed by atoms with Gasteiger partial charge in [-0.1, -0.05) is 17.7 Å². The fraction of sp³-hybridized carbons (Fsp3) is 0.200. The molecular formula is C25H25ClFN3O3. The Bertz CT molecular complexity index is 1120. The van der Waals surface area contributed by atoms with Gasteiger partial charge in [0.1, 0.15) is 11.6 Å². The normalized spacial score (nSPS) is 10.5. The third kappa shape index (κ3) is 6.54. The van der Waals surface area contributed by atoms with E-state index in [4.69, 9.17) is 22.1 Å². The van der Waals surface area contributed by atoms with Gasteiger partial charge in [-0.25, -0.2) is 4.39 Å². The van der Waals surface area contributed by atoms with Gasteiger partial charge in [-0.2, -0.15) is 0 Å². The van der Waals surface area contributed by atoms with Crippen molar-refractivity contribution in [3.05, 3.63) is 94.3 Å². The van der Waals surface area contributed by atoms with Gasteiger partial charge in [-0.05, 0) is 79.2 Å².